The molecule has 1 aliphatic heterocycles. The first-order valence-corrected chi connectivity index (χ1v) is 7.58. The van der Waals surface area contributed by atoms with Gasteiger partial charge in [-0.15, -0.1) is 0 Å². The molecule has 6 nitrogen and oxygen atoms in total. The van der Waals surface area contributed by atoms with Crippen molar-refractivity contribution in [1.29, 1.82) is 0 Å². The summed E-state index contributed by atoms with van der Waals surface area (Å²) < 4.78 is 24.7. The van der Waals surface area contributed by atoms with Crippen LogP contribution in [0.4, 0.5) is 0 Å². The number of aryl methyl sites for hydroxylation is 2. The smallest absolute Gasteiger partial charge is 0.310 e. The highest BCUT2D eigenvalue weighted by atomic mass is 32.2. The third kappa shape index (κ3) is 2.40. The van der Waals surface area contributed by atoms with E-state index in [2.05, 4.69) is 5.10 Å². The fourth-order valence-electron chi connectivity index (χ4n) is 2.40. The molecule has 0 saturated carbocycles. The van der Waals surface area contributed by atoms with Crippen molar-refractivity contribution in [2.75, 3.05) is 11.5 Å². The Morgan fingerprint density at radius 1 is 1.61 bits per heavy atom. The summed E-state index contributed by atoms with van der Waals surface area (Å²) in [6, 6.07) is 1.82. The zero-order chi connectivity index (χ0) is 13.4. The van der Waals surface area contributed by atoms with Crippen LogP contribution in [0.1, 0.15) is 18.5 Å². The van der Waals surface area contributed by atoms with Gasteiger partial charge in [-0.3, -0.25) is 9.48 Å². The molecule has 2 rings (SSSR count). The van der Waals surface area contributed by atoms with Crippen LogP contribution < -0.4 is 0 Å². The fourth-order valence-corrected chi connectivity index (χ4v) is 4.50. The minimum absolute atomic E-state index is 0.0231. The van der Waals surface area contributed by atoms with Crippen LogP contribution in [0.15, 0.2) is 12.3 Å². The van der Waals surface area contributed by atoms with Crippen molar-refractivity contribution < 1.29 is 18.3 Å². The fraction of sp³-hybridized carbons (Fsp3) is 0.636. The molecule has 1 aliphatic rings. The van der Waals surface area contributed by atoms with Crippen LogP contribution in [0.5, 0.6) is 0 Å². The van der Waals surface area contributed by atoms with Crippen LogP contribution >= 0.6 is 0 Å². The van der Waals surface area contributed by atoms with Crippen molar-refractivity contribution in [3.05, 3.63) is 18.0 Å². The Kier molecular flexibility index (Phi) is 3.18. The molecule has 0 aliphatic carbocycles. The van der Waals surface area contributed by atoms with Crippen LogP contribution in [-0.2, 0) is 28.1 Å². The maximum absolute atomic E-state index is 11.5. The highest BCUT2D eigenvalue weighted by molar-refractivity contribution is 7.91. The standard InChI is InChI=1S/C11H16N2O4S/c1-13-9(3-6-12-13)2-4-11(10(14)15)5-7-18(16,17)8-11/h3,6H,2,4-5,7-8H2,1H3,(H,14,15). The summed E-state index contributed by atoms with van der Waals surface area (Å²) in [6.07, 6.45) is 2.72. The molecule has 0 bridgehead atoms. The van der Waals surface area contributed by atoms with Gasteiger partial charge in [-0.25, -0.2) is 8.42 Å². The summed E-state index contributed by atoms with van der Waals surface area (Å²) in [5, 5.41) is 13.3. The van der Waals surface area contributed by atoms with E-state index in [1.54, 1.807) is 17.9 Å². The van der Waals surface area contributed by atoms with Crippen LogP contribution in [0.2, 0.25) is 0 Å². The Morgan fingerprint density at radius 3 is 2.78 bits per heavy atom. The second-order valence-electron chi connectivity index (χ2n) is 4.87. The molecule has 0 spiro atoms. The summed E-state index contributed by atoms with van der Waals surface area (Å²) in [6.45, 7) is 0. The quantitative estimate of drug-likeness (QED) is 0.848. The molecular formula is C11H16N2O4S. The third-order valence-electron chi connectivity index (χ3n) is 3.62. The topological polar surface area (TPSA) is 89.3 Å². The maximum Gasteiger partial charge on any atom is 0.310 e. The summed E-state index contributed by atoms with van der Waals surface area (Å²) >= 11 is 0. The van der Waals surface area contributed by atoms with Gasteiger partial charge in [0.05, 0.1) is 16.9 Å². The predicted molar refractivity (Wildman–Crippen MR) is 64.9 cm³/mol. The van der Waals surface area contributed by atoms with Crippen LogP contribution in [0.25, 0.3) is 0 Å². The van der Waals surface area contributed by atoms with Gasteiger partial charge in [-0.1, -0.05) is 0 Å². The Labute approximate surface area is 106 Å². The molecule has 1 atom stereocenters. The Balaban J connectivity index is 2.14. The number of aliphatic carboxylic acids is 1. The molecule has 0 aromatic carbocycles. The van der Waals surface area contributed by atoms with Gasteiger partial charge in [0.2, 0.25) is 0 Å². The molecule has 2 heterocycles. The van der Waals surface area contributed by atoms with E-state index < -0.39 is 21.2 Å². The first-order valence-electron chi connectivity index (χ1n) is 5.75. The Morgan fingerprint density at radius 2 is 2.33 bits per heavy atom. The average Bonchev–Trinajstić information content (AvgIpc) is 2.80. The Hall–Kier alpha value is -1.37. The lowest BCUT2D eigenvalue weighted by molar-refractivity contribution is -0.147. The molecule has 18 heavy (non-hydrogen) atoms. The van der Waals surface area contributed by atoms with Crippen LogP contribution in [0, 0.1) is 5.41 Å². The SMILES string of the molecule is Cn1nccc1CCC1(C(=O)O)CCS(=O)(=O)C1. The van der Waals surface area contributed by atoms with E-state index in [4.69, 9.17) is 0 Å². The zero-order valence-corrected chi connectivity index (χ0v) is 11.0. The summed E-state index contributed by atoms with van der Waals surface area (Å²) in [4.78, 5) is 11.4. The highest BCUT2D eigenvalue weighted by Crippen LogP contribution is 2.37. The van der Waals surface area contributed by atoms with Crippen molar-refractivity contribution in [1.82, 2.24) is 9.78 Å². The molecule has 1 aromatic heterocycles. The van der Waals surface area contributed by atoms with Crippen molar-refractivity contribution >= 4 is 15.8 Å². The number of carbonyl (C=O) groups is 1. The number of hydrogen-bond donors (Lipinski definition) is 1. The van der Waals surface area contributed by atoms with Gasteiger partial charge >= 0.3 is 5.97 Å². The lowest BCUT2D eigenvalue weighted by atomic mass is 9.82. The zero-order valence-electron chi connectivity index (χ0n) is 10.2. The van der Waals surface area contributed by atoms with Gasteiger partial charge in [-0.2, -0.15) is 5.10 Å². The first-order chi connectivity index (χ1) is 8.35. The summed E-state index contributed by atoms with van der Waals surface area (Å²) in [7, 11) is -1.42. The number of hydrogen-bond acceptors (Lipinski definition) is 4. The number of rotatable bonds is 4. The molecule has 7 heteroatoms. The molecule has 1 N–H and O–H groups in total. The normalized spacial score (nSPS) is 26.3. The summed E-state index contributed by atoms with van der Waals surface area (Å²) in [5.74, 6) is -1.27. The lowest BCUT2D eigenvalue weighted by Crippen LogP contribution is -2.33. The predicted octanol–water partition coefficient (Wildman–Crippen LogP) is 0.242. The van der Waals surface area contributed by atoms with E-state index in [-0.39, 0.29) is 17.9 Å². The van der Waals surface area contributed by atoms with Crippen molar-refractivity contribution in [2.24, 2.45) is 12.5 Å². The van der Waals surface area contributed by atoms with Gasteiger partial charge in [-0.05, 0) is 25.3 Å². The maximum atomic E-state index is 11.5. The van der Waals surface area contributed by atoms with Gasteiger partial charge in [0.25, 0.3) is 0 Å². The van der Waals surface area contributed by atoms with Gasteiger partial charge in [0.1, 0.15) is 0 Å². The molecule has 1 aromatic rings. The second kappa shape index (κ2) is 4.38. The number of carboxylic acids is 1. The monoisotopic (exact) mass is 272 g/mol. The van der Waals surface area contributed by atoms with Crippen molar-refractivity contribution in [3.63, 3.8) is 0 Å². The largest absolute Gasteiger partial charge is 0.481 e. The van der Waals surface area contributed by atoms with E-state index in [9.17, 15) is 18.3 Å². The number of carboxylic acid groups (broad SMARTS) is 1. The van der Waals surface area contributed by atoms with E-state index in [0.29, 0.717) is 12.8 Å². The molecule has 1 unspecified atom stereocenters. The van der Waals surface area contributed by atoms with Crippen molar-refractivity contribution in [3.8, 4) is 0 Å². The molecule has 0 amide bonds. The second-order valence-corrected chi connectivity index (χ2v) is 7.06. The number of nitrogens with zero attached hydrogens (tertiary/aromatic N) is 2. The van der Waals surface area contributed by atoms with Gasteiger partial charge in [0, 0.05) is 18.9 Å². The van der Waals surface area contributed by atoms with E-state index in [1.807, 2.05) is 6.07 Å². The minimum Gasteiger partial charge on any atom is -0.481 e. The summed E-state index contributed by atoms with van der Waals surface area (Å²) in [5.41, 5.74) is -0.205. The van der Waals surface area contributed by atoms with Crippen LogP contribution in [0.3, 0.4) is 0 Å². The molecule has 100 valence electrons. The first kappa shape index (κ1) is 13.1. The minimum atomic E-state index is -3.20. The van der Waals surface area contributed by atoms with Crippen LogP contribution in [-0.4, -0.2) is 40.8 Å². The average molecular weight is 272 g/mol. The number of aromatic nitrogens is 2. The lowest BCUT2D eigenvalue weighted by Gasteiger charge is -2.22. The van der Waals surface area contributed by atoms with Gasteiger partial charge < -0.3 is 5.11 Å². The van der Waals surface area contributed by atoms with Gasteiger partial charge in [0.15, 0.2) is 9.84 Å². The van der Waals surface area contributed by atoms with E-state index >= 15 is 0 Å². The molecule has 0 radical (unpaired) electrons. The van der Waals surface area contributed by atoms with Crippen molar-refractivity contribution in [2.45, 2.75) is 19.3 Å². The number of sulfone groups is 1. The third-order valence-corrected chi connectivity index (χ3v) is 5.44. The Bertz CT molecular complexity index is 563. The molecule has 1 saturated heterocycles. The molecular weight excluding hydrogens is 256 g/mol. The highest BCUT2D eigenvalue weighted by Gasteiger charge is 2.47. The van der Waals surface area contributed by atoms with E-state index in [0.717, 1.165) is 5.69 Å². The van der Waals surface area contributed by atoms with E-state index in [1.165, 1.54) is 0 Å². The molecule has 1 fully saturated rings.